The smallest absolute Gasteiger partial charge is 0.343 e. The fraction of sp³-hybridized carbons (Fsp3) is 0.350. The van der Waals surface area contributed by atoms with Crippen LogP contribution < -0.4 is 17.1 Å². The first-order valence-corrected chi connectivity index (χ1v) is 8.90. The summed E-state index contributed by atoms with van der Waals surface area (Å²) in [6.07, 6.45) is 4.90. The average Bonchev–Trinajstić information content (AvgIpc) is 2.68. The standard InChI is InChI=1S/C20H22N2O4.ClH/c23-20(17-6-8-18(9-7-17)22(24)25)26-19-10-4-16(5-11-19)12-15-21-13-2-1-3-14-21;/h4-11H,1-3,12-15H2;1H/p-1. The summed E-state index contributed by atoms with van der Waals surface area (Å²) in [7, 11) is 0. The van der Waals surface area contributed by atoms with E-state index in [1.165, 1.54) is 62.2 Å². The molecular formula is C20H22ClN2O4-. The Kier molecular flexibility index (Phi) is 7.76. The number of hydrogen-bond acceptors (Lipinski definition) is 5. The Balaban J connectivity index is 0.00000261. The van der Waals surface area contributed by atoms with E-state index in [9.17, 15) is 14.9 Å². The van der Waals surface area contributed by atoms with Gasteiger partial charge < -0.3 is 22.0 Å². The normalized spacial score (nSPS) is 14.2. The SMILES string of the molecule is O=C(Oc1ccc(CCN2CCCCC2)cc1)c1ccc([N+](=O)[O-])cc1.[Cl-]. The van der Waals surface area contributed by atoms with Crippen LogP contribution in [0.2, 0.25) is 0 Å². The van der Waals surface area contributed by atoms with E-state index in [0.29, 0.717) is 5.75 Å². The molecule has 27 heavy (non-hydrogen) atoms. The van der Waals surface area contributed by atoms with Crippen molar-refractivity contribution in [3.8, 4) is 5.75 Å². The summed E-state index contributed by atoms with van der Waals surface area (Å²) >= 11 is 0. The number of carbonyl (C=O) groups excluding carboxylic acids is 1. The molecule has 0 bridgehead atoms. The third kappa shape index (κ3) is 6.05. The van der Waals surface area contributed by atoms with Gasteiger partial charge in [-0.1, -0.05) is 18.6 Å². The lowest BCUT2D eigenvalue weighted by molar-refractivity contribution is -0.384. The Bertz CT molecular complexity index is 757. The number of non-ortho nitro benzene ring substituents is 1. The first-order valence-electron chi connectivity index (χ1n) is 8.90. The number of halogens is 1. The number of likely N-dealkylation sites (tertiary alicyclic amines) is 1. The lowest BCUT2D eigenvalue weighted by Gasteiger charge is -2.26. The highest BCUT2D eigenvalue weighted by Gasteiger charge is 2.12. The molecule has 1 aliphatic heterocycles. The summed E-state index contributed by atoms with van der Waals surface area (Å²) in [5.74, 6) is -0.0592. The number of carbonyl (C=O) groups is 1. The molecule has 2 aromatic carbocycles. The van der Waals surface area contributed by atoms with Crippen LogP contribution in [0.3, 0.4) is 0 Å². The third-order valence-electron chi connectivity index (χ3n) is 4.61. The summed E-state index contributed by atoms with van der Waals surface area (Å²) < 4.78 is 5.33. The van der Waals surface area contributed by atoms with Crippen LogP contribution >= 0.6 is 0 Å². The Morgan fingerprint density at radius 1 is 1.00 bits per heavy atom. The molecule has 3 rings (SSSR count). The molecule has 7 heteroatoms. The Morgan fingerprint density at radius 3 is 2.22 bits per heavy atom. The van der Waals surface area contributed by atoms with Gasteiger partial charge in [-0.05, 0) is 62.2 Å². The molecule has 6 nitrogen and oxygen atoms in total. The first-order chi connectivity index (χ1) is 12.6. The van der Waals surface area contributed by atoms with Gasteiger partial charge in [-0.3, -0.25) is 10.1 Å². The van der Waals surface area contributed by atoms with Crippen molar-refractivity contribution in [2.45, 2.75) is 25.7 Å². The number of rotatable bonds is 6. The van der Waals surface area contributed by atoms with Crippen LogP contribution in [-0.2, 0) is 6.42 Å². The van der Waals surface area contributed by atoms with Gasteiger partial charge in [0.05, 0.1) is 10.5 Å². The lowest BCUT2D eigenvalue weighted by Crippen LogP contribution is -3.00. The zero-order valence-corrected chi connectivity index (χ0v) is 15.7. The molecule has 0 amide bonds. The van der Waals surface area contributed by atoms with Crippen LogP contribution in [0.5, 0.6) is 5.75 Å². The lowest BCUT2D eigenvalue weighted by atomic mass is 10.1. The maximum absolute atomic E-state index is 12.1. The quantitative estimate of drug-likeness (QED) is 0.317. The van der Waals surface area contributed by atoms with Gasteiger partial charge in [-0.2, -0.15) is 0 Å². The minimum atomic E-state index is -0.527. The fourth-order valence-electron chi connectivity index (χ4n) is 3.08. The van der Waals surface area contributed by atoms with Crippen LogP contribution in [0.25, 0.3) is 0 Å². The van der Waals surface area contributed by atoms with Crippen molar-refractivity contribution in [1.29, 1.82) is 0 Å². The van der Waals surface area contributed by atoms with E-state index in [1.807, 2.05) is 12.1 Å². The van der Waals surface area contributed by atoms with Gasteiger partial charge in [0.15, 0.2) is 0 Å². The molecule has 2 aromatic rings. The fourth-order valence-corrected chi connectivity index (χ4v) is 3.08. The van der Waals surface area contributed by atoms with E-state index in [1.54, 1.807) is 12.1 Å². The van der Waals surface area contributed by atoms with Crippen molar-refractivity contribution < 1.29 is 26.9 Å². The van der Waals surface area contributed by atoms with Crippen molar-refractivity contribution in [1.82, 2.24) is 4.90 Å². The van der Waals surface area contributed by atoms with Crippen LogP contribution in [0.15, 0.2) is 48.5 Å². The molecule has 0 saturated carbocycles. The van der Waals surface area contributed by atoms with Crippen molar-refractivity contribution in [2.75, 3.05) is 19.6 Å². The Hall–Kier alpha value is -2.44. The van der Waals surface area contributed by atoms with E-state index in [2.05, 4.69) is 4.90 Å². The topological polar surface area (TPSA) is 72.7 Å². The molecule has 0 spiro atoms. The second-order valence-corrected chi connectivity index (χ2v) is 6.49. The van der Waals surface area contributed by atoms with Gasteiger partial charge in [0.1, 0.15) is 5.75 Å². The number of ether oxygens (including phenoxy) is 1. The molecule has 0 N–H and O–H groups in total. The van der Waals surface area contributed by atoms with E-state index >= 15 is 0 Å². The van der Waals surface area contributed by atoms with Gasteiger partial charge >= 0.3 is 5.97 Å². The third-order valence-corrected chi connectivity index (χ3v) is 4.61. The van der Waals surface area contributed by atoms with Crippen molar-refractivity contribution in [3.05, 3.63) is 69.8 Å². The van der Waals surface area contributed by atoms with Crippen molar-refractivity contribution in [3.63, 3.8) is 0 Å². The number of hydrogen-bond donors (Lipinski definition) is 0. The van der Waals surface area contributed by atoms with Crippen LogP contribution in [-0.4, -0.2) is 35.4 Å². The summed E-state index contributed by atoms with van der Waals surface area (Å²) in [4.78, 5) is 24.7. The first kappa shape index (κ1) is 20.9. The highest BCUT2D eigenvalue weighted by Crippen LogP contribution is 2.17. The van der Waals surface area contributed by atoms with Crippen LogP contribution in [0.1, 0.15) is 35.2 Å². The molecule has 0 atom stereocenters. The number of piperidine rings is 1. The number of esters is 1. The van der Waals surface area contributed by atoms with Gasteiger partial charge in [-0.25, -0.2) is 4.79 Å². The number of nitro groups is 1. The maximum atomic E-state index is 12.1. The summed E-state index contributed by atoms with van der Waals surface area (Å²) in [6.45, 7) is 3.43. The molecule has 0 aliphatic carbocycles. The highest BCUT2D eigenvalue weighted by molar-refractivity contribution is 5.91. The van der Waals surface area contributed by atoms with E-state index < -0.39 is 10.9 Å². The number of nitrogens with zero attached hydrogens (tertiary/aromatic N) is 2. The summed E-state index contributed by atoms with van der Waals surface area (Å²) in [5, 5.41) is 10.6. The second-order valence-electron chi connectivity index (χ2n) is 6.49. The van der Waals surface area contributed by atoms with Crippen molar-refractivity contribution in [2.24, 2.45) is 0 Å². The Labute approximate surface area is 164 Å². The van der Waals surface area contributed by atoms with E-state index in [-0.39, 0.29) is 23.7 Å². The number of benzene rings is 2. The van der Waals surface area contributed by atoms with Gasteiger partial charge in [-0.15, -0.1) is 0 Å². The molecule has 0 aromatic heterocycles. The average molecular weight is 390 g/mol. The minimum Gasteiger partial charge on any atom is -1.00 e. The van der Waals surface area contributed by atoms with Crippen molar-refractivity contribution >= 4 is 11.7 Å². The predicted molar refractivity (Wildman–Crippen MR) is 98.5 cm³/mol. The molecule has 0 unspecified atom stereocenters. The summed E-state index contributed by atoms with van der Waals surface area (Å²) in [6, 6.07) is 12.9. The minimum absolute atomic E-state index is 0. The molecule has 1 aliphatic rings. The van der Waals surface area contributed by atoms with Crippen LogP contribution in [0.4, 0.5) is 5.69 Å². The van der Waals surface area contributed by atoms with E-state index in [0.717, 1.165) is 13.0 Å². The highest BCUT2D eigenvalue weighted by atomic mass is 35.5. The largest absolute Gasteiger partial charge is 1.00 e. The second kappa shape index (κ2) is 10.0. The molecule has 1 fully saturated rings. The number of nitro benzene ring substituents is 1. The molecule has 0 radical (unpaired) electrons. The molecule has 1 saturated heterocycles. The monoisotopic (exact) mass is 389 g/mol. The zero-order valence-electron chi connectivity index (χ0n) is 15.0. The molecule has 144 valence electrons. The molecule has 1 heterocycles. The maximum Gasteiger partial charge on any atom is 0.343 e. The Morgan fingerprint density at radius 2 is 1.63 bits per heavy atom. The van der Waals surface area contributed by atoms with Crippen LogP contribution in [0, 0.1) is 10.1 Å². The summed E-state index contributed by atoms with van der Waals surface area (Å²) in [5.41, 5.74) is 1.44. The van der Waals surface area contributed by atoms with Gasteiger partial charge in [0.25, 0.3) is 5.69 Å². The van der Waals surface area contributed by atoms with E-state index in [4.69, 9.17) is 4.74 Å². The van der Waals surface area contributed by atoms with Gasteiger partial charge in [0, 0.05) is 18.7 Å². The predicted octanol–water partition coefficient (Wildman–Crippen LogP) is 0.846. The van der Waals surface area contributed by atoms with Gasteiger partial charge in [0.2, 0.25) is 0 Å². The zero-order chi connectivity index (χ0) is 18.4. The molecular weight excluding hydrogens is 368 g/mol.